The molecule has 1 heterocycles. The van der Waals surface area contributed by atoms with Gasteiger partial charge in [0, 0.05) is 11.4 Å². The summed E-state index contributed by atoms with van der Waals surface area (Å²) in [6.07, 6.45) is 0. The first-order valence-electron chi connectivity index (χ1n) is 2.56. The van der Waals surface area contributed by atoms with Crippen molar-refractivity contribution in [2.45, 2.75) is 13.0 Å². The van der Waals surface area contributed by atoms with E-state index in [4.69, 9.17) is 5.73 Å². The van der Waals surface area contributed by atoms with E-state index < -0.39 is 0 Å². The molecule has 0 radical (unpaired) electrons. The maximum Gasteiger partial charge on any atom is 0.159 e. The lowest BCUT2D eigenvalue weighted by molar-refractivity contribution is 0.787. The van der Waals surface area contributed by atoms with E-state index in [1.807, 2.05) is 12.3 Å². The number of hydrogen-bond donors (Lipinski definition) is 1. The van der Waals surface area contributed by atoms with Crippen LogP contribution in [-0.2, 0) is 0 Å². The third-order valence-corrected chi connectivity index (χ3v) is 2.34. The third kappa shape index (κ3) is 1.74. The summed E-state index contributed by atoms with van der Waals surface area (Å²) in [7, 11) is 0. The van der Waals surface area contributed by atoms with Crippen LogP contribution in [0.25, 0.3) is 0 Å². The third-order valence-electron chi connectivity index (χ3n) is 0.960. The maximum atomic E-state index is 5.55. The zero-order valence-corrected chi connectivity index (χ0v) is 7.37. The van der Waals surface area contributed by atoms with E-state index in [9.17, 15) is 0 Å². The fraction of sp³-hybridized carbons (Fsp3) is 0.400. The second kappa shape index (κ2) is 2.77. The van der Waals surface area contributed by atoms with Crippen LogP contribution in [0, 0.1) is 0 Å². The SMILES string of the molecule is C[C@H](N)c1csc(Br)n1. The molecule has 0 fully saturated rings. The van der Waals surface area contributed by atoms with E-state index >= 15 is 0 Å². The van der Waals surface area contributed by atoms with Crippen LogP contribution in [0.15, 0.2) is 9.30 Å². The van der Waals surface area contributed by atoms with Crippen LogP contribution in [0.3, 0.4) is 0 Å². The van der Waals surface area contributed by atoms with Crippen LogP contribution in [-0.4, -0.2) is 4.98 Å². The number of nitrogens with zero attached hydrogens (tertiary/aromatic N) is 1. The van der Waals surface area contributed by atoms with Crippen LogP contribution in [0.4, 0.5) is 0 Å². The summed E-state index contributed by atoms with van der Waals surface area (Å²) < 4.78 is 0.898. The summed E-state index contributed by atoms with van der Waals surface area (Å²) in [6, 6.07) is 0.0487. The molecule has 9 heavy (non-hydrogen) atoms. The first-order valence-corrected chi connectivity index (χ1v) is 4.24. The van der Waals surface area contributed by atoms with E-state index in [1.165, 1.54) is 0 Å². The van der Waals surface area contributed by atoms with Crippen LogP contribution in [0.5, 0.6) is 0 Å². The molecule has 0 saturated heterocycles. The Morgan fingerprint density at radius 1 is 1.89 bits per heavy atom. The predicted octanol–water partition coefficient (Wildman–Crippen LogP) is 1.93. The quantitative estimate of drug-likeness (QED) is 0.764. The molecule has 1 rings (SSSR count). The summed E-state index contributed by atoms with van der Waals surface area (Å²) in [6.45, 7) is 1.92. The van der Waals surface area contributed by atoms with Crippen molar-refractivity contribution in [2.75, 3.05) is 0 Å². The molecule has 2 N–H and O–H groups in total. The highest BCUT2D eigenvalue weighted by molar-refractivity contribution is 9.11. The van der Waals surface area contributed by atoms with Crippen molar-refractivity contribution in [3.05, 3.63) is 15.0 Å². The fourth-order valence-corrected chi connectivity index (χ4v) is 1.60. The van der Waals surface area contributed by atoms with Gasteiger partial charge in [-0.15, -0.1) is 11.3 Å². The highest BCUT2D eigenvalue weighted by atomic mass is 79.9. The zero-order chi connectivity index (χ0) is 6.85. The van der Waals surface area contributed by atoms with Crippen LogP contribution in [0.2, 0.25) is 0 Å². The Morgan fingerprint density at radius 2 is 2.56 bits per heavy atom. The van der Waals surface area contributed by atoms with Gasteiger partial charge in [-0.2, -0.15) is 0 Å². The van der Waals surface area contributed by atoms with Gasteiger partial charge < -0.3 is 5.73 Å². The summed E-state index contributed by atoms with van der Waals surface area (Å²) in [4.78, 5) is 4.12. The molecule has 0 saturated carbocycles. The molecule has 0 bridgehead atoms. The van der Waals surface area contributed by atoms with Crippen molar-refractivity contribution in [3.8, 4) is 0 Å². The fourth-order valence-electron chi connectivity index (χ4n) is 0.472. The number of nitrogens with two attached hydrogens (primary N) is 1. The van der Waals surface area contributed by atoms with Crippen molar-refractivity contribution >= 4 is 27.3 Å². The van der Waals surface area contributed by atoms with Crippen molar-refractivity contribution in [3.63, 3.8) is 0 Å². The van der Waals surface area contributed by atoms with Gasteiger partial charge in [-0.3, -0.25) is 0 Å². The van der Waals surface area contributed by atoms with E-state index in [-0.39, 0.29) is 6.04 Å². The predicted molar refractivity (Wildman–Crippen MR) is 42.4 cm³/mol. The molecule has 0 aliphatic heterocycles. The average Bonchev–Trinajstić information content (AvgIpc) is 2.14. The van der Waals surface area contributed by atoms with Crippen molar-refractivity contribution in [1.82, 2.24) is 4.98 Å². The Balaban J connectivity index is 2.85. The van der Waals surface area contributed by atoms with E-state index in [0.29, 0.717) is 0 Å². The largest absolute Gasteiger partial charge is 0.323 e. The minimum atomic E-state index is 0.0487. The molecule has 0 aliphatic rings. The molecule has 50 valence electrons. The second-order valence-corrected chi connectivity index (χ2v) is 3.95. The van der Waals surface area contributed by atoms with Gasteiger partial charge in [0.1, 0.15) is 0 Å². The van der Waals surface area contributed by atoms with E-state index in [2.05, 4.69) is 20.9 Å². The topological polar surface area (TPSA) is 38.9 Å². The second-order valence-electron chi connectivity index (χ2n) is 1.81. The lowest BCUT2D eigenvalue weighted by Gasteiger charge is -1.95. The normalized spacial score (nSPS) is 13.7. The number of halogens is 1. The van der Waals surface area contributed by atoms with E-state index in [0.717, 1.165) is 9.61 Å². The highest BCUT2D eigenvalue weighted by Crippen LogP contribution is 2.18. The number of thiazole rings is 1. The first kappa shape index (κ1) is 7.18. The Hall–Kier alpha value is 0.0700. The van der Waals surface area contributed by atoms with Gasteiger partial charge in [-0.25, -0.2) is 4.98 Å². The molecule has 4 heteroatoms. The summed E-state index contributed by atoms with van der Waals surface area (Å²) in [5, 5.41) is 1.95. The molecule has 1 atom stereocenters. The van der Waals surface area contributed by atoms with E-state index in [1.54, 1.807) is 11.3 Å². The van der Waals surface area contributed by atoms with Crippen LogP contribution < -0.4 is 5.73 Å². The Kier molecular flexibility index (Phi) is 2.21. The van der Waals surface area contributed by atoms with Gasteiger partial charge in [-0.1, -0.05) is 0 Å². The first-order chi connectivity index (χ1) is 4.20. The number of hydrogen-bond acceptors (Lipinski definition) is 3. The molecule has 1 aromatic heterocycles. The number of aromatic nitrogens is 1. The van der Waals surface area contributed by atoms with Crippen molar-refractivity contribution in [1.29, 1.82) is 0 Å². The Bertz CT molecular complexity index is 197. The van der Waals surface area contributed by atoms with Crippen LogP contribution >= 0.6 is 27.3 Å². The van der Waals surface area contributed by atoms with Gasteiger partial charge in [0.25, 0.3) is 0 Å². The summed E-state index contributed by atoms with van der Waals surface area (Å²) >= 11 is 4.81. The van der Waals surface area contributed by atoms with Gasteiger partial charge in [0.05, 0.1) is 5.69 Å². The molecule has 0 aliphatic carbocycles. The minimum absolute atomic E-state index is 0.0487. The van der Waals surface area contributed by atoms with Crippen LogP contribution in [0.1, 0.15) is 18.7 Å². The molecule has 1 aromatic rings. The van der Waals surface area contributed by atoms with Gasteiger partial charge in [0.2, 0.25) is 0 Å². The van der Waals surface area contributed by atoms with Crippen molar-refractivity contribution < 1.29 is 0 Å². The van der Waals surface area contributed by atoms with Crippen molar-refractivity contribution in [2.24, 2.45) is 5.73 Å². The number of rotatable bonds is 1. The minimum Gasteiger partial charge on any atom is -0.323 e. The Labute approximate surface area is 66.2 Å². The molecule has 2 nitrogen and oxygen atoms in total. The Morgan fingerprint density at radius 3 is 2.78 bits per heavy atom. The highest BCUT2D eigenvalue weighted by Gasteiger charge is 2.01. The lowest BCUT2D eigenvalue weighted by Crippen LogP contribution is -2.04. The zero-order valence-electron chi connectivity index (χ0n) is 4.97. The standard InChI is InChI=1S/C5H7BrN2S/c1-3(7)4-2-9-5(6)8-4/h2-3H,7H2,1H3/t3-/m0/s1. The lowest BCUT2D eigenvalue weighted by atomic mass is 10.3. The van der Waals surface area contributed by atoms with Gasteiger partial charge >= 0.3 is 0 Å². The molecule has 0 unspecified atom stereocenters. The molecule has 0 spiro atoms. The molecule has 0 aromatic carbocycles. The molecule has 0 amide bonds. The molecular weight excluding hydrogens is 200 g/mol. The molecular formula is C5H7BrN2S. The van der Waals surface area contributed by atoms with Gasteiger partial charge in [-0.05, 0) is 22.9 Å². The smallest absolute Gasteiger partial charge is 0.159 e. The maximum absolute atomic E-state index is 5.55. The summed E-state index contributed by atoms with van der Waals surface area (Å²) in [5.41, 5.74) is 6.50. The monoisotopic (exact) mass is 206 g/mol. The summed E-state index contributed by atoms with van der Waals surface area (Å²) in [5.74, 6) is 0. The van der Waals surface area contributed by atoms with Gasteiger partial charge in [0.15, 0.2) is 3.92 Å². The average molecular weight is 207 g/mol.